The number of ketones is 2. The number of aliphatic hydroxyl groups is 11. The van der Waals surface area contributed by atoms with E-state index < -0.39 is 118 Å². The van der Waals surface area contributed by atoms with Crippen LogP contribution >= 0.6 is 0 Å². The molecule has 7 fully saturated rings. The van der Waals surface area contributed by atoms with Crippen LogP contribution in [0.25, 0.3) is 0 Å². The van der Waals surface area contributed by atoms with Crippen LogP contribution in [0, 0.1) is 52.3 Å². The summed E-state index contributed by atoms with van der Waals surface area (Å²) in [6.45, 7) is 6.97. The zero-order valence-electron chi connectivity index (χ0n) is 37.4. The topological polar surface area (TPSA) is 312 Å². The van der Waals surface area contributed by atoms with E-state index >= 15 is 0 Å². The molecule has 4 saturated carbocycles. The Balaban J connectivity index is 0.911. The van der Waals surface area contributed by atoms with Gasteiger partial charge in [0.2, 0.25) is 0 Å². The maximum atomic E-state index is 14.3. The molecule has 0 amide bonds. The van der Waals surface area contributed by atoms with Gasteiger partial charge < -0.3 is 84.6 Å². The van der Waals surface area contributed by atoms with Crippen molar-refractivity contribution in [2.45, 2.75) is 190 Å². The van der Waals surface area contributed by atoms with Crippen molar-refractivity contribution in [3.05, 3.63) is 0 Å². The van der Waals surface area contributed by atoms with Crippen molar-refractivity contribution in [1.82, 2.24) is 0 Å². The minimum absolute atomic E-state index is 0.0716. The molecule has 11 N–H and O–H groups in total. The van der Waals surface area contributed by atoms with Gasteiger partial charge in [0.05, 0.1) is 32.5 Å². The monoisotopic (exact) mass is 918 g/mol. The van der Waals surface area contributed by atoms with Gasteiger partial charge in [-0.05, 0) is 91.8 Å². The van der Waals surface area contributed by atoms with E-state index in [1.54, 1.807) is 0 Å². The number of hydrogen-bond acceptors (Lipinski definition) is 19. The molecule has 3 aliphatic heterocycles. The lowest BCUT2D eigenvalue weighted by atomic mass is 9.44. The van der Waals surface area contributed by atoms with Gasteiger partial charge in [-0.1, -0.05) is 27.7 Å². The van der Waals surface area contributed by atoms with Gasteiger partial charge in [0.1, 0.15) is 84.8 Å². The lowest BCUT2D eigenvalue weighted by molar-refractivity contribution is -0.337. The quantitative estimate of drug-likeness (QED) is 0.0814. The van der Waals surface area contributed by atoms with E-state index in [0.717, 1.165) is 25.7 Å². The van der Waals surface area contributed by atoms with Crippen LogP contribution in [0.3, 0.4) is 0 Å². The fourth-order valence-electron chi connectivity index (χ4n) is 13.1. The maximum Gasteiger partial charge on any atom is 0.186 e. The summed E-state index contributed by atoms with van der Waals surface area (Å²) in [6, 6.07) is 0. The van der Waals surface area contributed by atoms with Crippen LogP contribution in [0.5, 0.6) is 0 Å². The Morgan fingerprint density at radius 2 is 1.20 bits per heavy atom. The molecule has 0 radical (unpaired) electrons. The molecule has 0 bridgehead atoms. The first-order valence-electron chi connectivity index (χ1n) is 23.5. The Labute approximate surface area is 373 Å². The summed E-state index contributed by atoms with van der Waals surface area (Å²) in [5.41, 5.74) is -0.376. The molecule has 3 saturated heterocycles. The Bertz CT molecular complexity index is 1590. The van der Waals surface area contributed by atoms with Crippen LogP contribution < -0.4 is 0 Å². The molecule has 4 aliphatic carbocycles. The molecule has 19 heteroatoms. The van der Waals surface area contributed by atoms with Gasteiger partial charge in [-0.15, -0.1) is 0 Å². The second kappa shape index (κ2) is 20.3. The first kappa shape index (κ1) is 50.5. The Morgan fingerprint density at radius 3 is 1.81 bits per heavy atom. The zero-order valence-corrected chi connectivity index (χ0v) is 37.4. The molecule has 0 aromatic rings. The van der Waals surface area contributed by atoms with Crippen LogP contribution in [0.1, 0.15) is 91.9 Å². The largest absolute Gasteiger partial charge is 0.394 e. The summed E-state index contributed by atoms with van der Waals surface area (Å²) in [7, 11) is 0. The number of Topliss-reactive ketones (excluding diaryl/α,β-unsaturated/α-hetero) is 2. The van der Waals surface area contributed by atoms with Crippen molar-refractivity contribution >= 4 is 11.6 Å². The number of carbonyl (C=O) groups is 2. The molecule has 7 rings (SSSR count). The molecule has 0 aromatic carbocycles. The SMILES string of the molecule is C[C@H](CCC(=O)[C@H](C)[C@H]1CC[C@H]2[C@@H]3CC(=O)[C@H]4C[C@@H](O[C@@H]5O[C@H](CO[C@@H]6O[C@H](CO)[C@@H](O)[C@H](O)[C@H]6O)[C@@H](O)[C@H](O)[C@H]5O)CC[C@]4(C)[C@H]3CC[C@]12C)CO[C@@H]1O[C@H](CO)[C@@H](O)[C@H](O)[C@H]1O. The first-order valence-corrected chi connectivity index (χ1v) is 23.5. The lowest BCUT2D eigenvalue weighted by Crippen LogP contribution is -2.62. The molecule has 0 spiro atoms. The van der Waals surface area contributed by atoms with Gasteiger partial charge >= 0.3 is 0 Å². The first-order chi connectivity index (χ1) is 30.2. The highest BCUT2D eigenvalue weighted by Gasteiger charge is 2.63. The number of rotatable bonds is 15. The lowest BCUT2D eigenvalue weighted by Gasteiger charge is -2.60. The second-order valence-corrected chi connectivity index (χ2v) is 20.8. The molecule has 0 aromatic heterocycles. The Hall–Kier alpha value is -1.34. The average molecular weight is 919 g/mol. The van der Waals surface area contributed by atoms with Crippen LogP contribution in [0.4, 0.5) is 0 Å². The summed E-state index contributed by atoms with van der Waals surface area (Å²) in [5.74, 6) is 0.812. The van der Waals surface area contributed by atoms with E-state index in [-0.39, 0.29) is 58.6 Å². The third-order valence-electron chi connectivity index (χ3n) is 17.1. The standard InChI is InChI=1S/C45H74O19/c1-19(17-59-41-38(56)35(53)32(50)29(15-46)62-41)5-8-27(48)20(2)23-6-7-24-22-14-28(49)26-13-21(9-11-45(26,4)25(22)10-12-44(23,24)3)61-43-40(58)37(55)34(52)31(64-43)18-60-42-39(57)36(54)33(51)30(16-47)63-42/h19-26,29-43,46-47,50-58H,5-18H2,1-4H3/t19-,20-,21+,22+,23-,24+,25+,26-,29-,30-,31-,32-,33-,34-,35+,36+,37+,38-,39-,40-,41-,42-,43-,44-,45-/m1/s1. The van der Waals surface area contributed by atoms with E-state index in [1.807, 2.05) is 13.8 Å². The minimum atomic E-state index is -1.69. The van der Waals surface area contributed by atoms with E-state index in [9.17, 15) is 65.8 Å². The predicted octanol–water partition coefficient (Wildman–Crippen LogP) is -1.73. The summed E-state index contributed by atoms with van der Waals surface area (Å²) in [5, 5.41) is 112. The van der Waals surface area contributed by atoms with Gasteiger partial charge in [0.15, 0.2) is 18.9 Å². The number of ether oxygens (including phenoxy) is 6. The zero-order chi connectivity index (χ0) is 46.6. The smallest absolute Gasteiger partial charge is 0.186 e. The molecular formula is C45H74O19. The second-order valence-electron chi connectivity index (χ2n) is 20.8. The molecular weight excluding hydrogens is 844 g/mol. The Morgan fingerprint density at radius 1 is 0.672 bits per heavy atom. The van der Waals surface area contributed by atoms with Gasteiger partial charge in [0.25, 0.3) is 0 Å². The van der Waals surface area contributed by atoms with E-state index in [2.05, 4.69) is 13.8 Å². The summed E-state index contributed by atoms with van der Waals surface area (Å²) in [6.07, 6.45) is -15.7. The van der Waals surface area contributed by atoms with Crippen LogP contribution in [0.15, 0.2) is 0 Å². The molecule has 25 atom stereocenters. The van der Waals surface area contributed by atoms with Crippen molar-refractivity contribution in [3.8, 4) is 0 Å². The van der Waals surface area contributed by atoms with Crippen molar-refractivity contribution in [3.63, 3.8) is 0 Å². The fraction of sp³-hybridized carbons (Fsp3) is 0.956. The minimum Gasteiger partial charge on any atom is -0.394 e. The molecule has 19 nitrogen and oxygen atoms in total. The van der Waals surface area contributed by atoms with E-state index in [0.29, 0.717) is 50.4 Å². The number of carbonyl (C=O) groups excluding carboxylic acids is 2. The Kier molecular flexibility index (Phi) is 16.0. The third-order valence-corrected chi connectivity index (χ3v) is 17.1. The number of hydrogen-bond donors (Lipinski definition) is 11. The van der Waals surface area contributed by atoms with Gasteiger partial charge in [-0.2, -0.15) is 0 Å². The number of aliphatic hydroxyl groups excluding tert-OH is 11. The van der Waals surface area contributed by atoms with Crippen molar-refractivity contribution < 1.29 is 94.2 Å². The van der Waals surface area contributed by atoms with Crippen molar-refractivity contribution in [2.75, 3.05) is 26.4 Å². The van der Waals surface area contributed by atoms with E-state index in [4.69, 9.17) is 28.4 Å². The van der Waals surface area contributed by atoms with Crippen LogP contribution in [-0.4, -0.2) is 192 Å². The highest BCUT2D eigenvalue weighted by atomic mass is 16.7. The molecule has 3 heterocycles. The fourth-order valence-corrected chi connectivity index (χ4v) is 13.1. The highest BCUT2D eigenvalue weighted by Crippen LogP contribution is 2.68. The third kappa shape index (κ3) is 9.51. The maximum absolute atomic E-state index is 14.3. The highest BCUT2D eigenvalue weighted by molar-refractivity contribution is 5.83. The van der Waals surface area contributed by atoms with Gasteiger partial charge in [-0.3, -0.25) is 9.59 Å². The summed E-state index contributed by atoms with van der Waals surface area (Å²) in [4.78, 5) is 28.0. The predicted molar refractivity (Wildman–Crippen MR) is 219 cm³/mol. The molecule has 368 valence electrons. The molecule has 0 unspecified atom stereocenters. The van der Waals surface area contributed by atoms with Crippen LogP contribution in [-0.2, 0) is 38.0 Å². The average Bonchev–Trinajstić information content (AvgIpc) is 3.64. The van der Waals surface area contributed by atoms with Crippen molar-refractivity contribution in [2.24, 2.45) is 52.3 Å². The number of fused-ring (bicyclic) bond motifs is 5. The van der Waals surface area contributed by atoms with E-state index in [1.165, 1.54) is 0 Å². The van der Waals surface area contributed by atoms with Gasteiger partial charge in [-0.25, -0.2) is 0 Å². The summed E-state index contributed by atoms with van der Waals surface area (Å²) >= 11 is 0. The molecule has 7 aliphatic rings. The summed E-state index contributed by atoms with van der Waals surface area (Å²) < 4.78 is 34.3. The normalized spacial score (nSPS) is 50.5. The van der Waals surface area contributed by atoms with Crippen molar-refractivity contribution in [1.29, 1.82) is 0 Å². The van der Waals surface area contributed by atoms with Crippen LogP contribution in [0.2, 0.25) is 0 Å². The molecule has 64 heavy (non-hydrogen) atoms. The van der Waals surface area contributed by atoms with Gasteiger partial charge in [0, 0.05) is 24.7 Å².